The van der Waals surface area contributed by atoms with Crippen LogP contribution in [-0.2, 0) is 0 Å². The summed E-state index contributed by atoms with van der Waals surface area (Å²) in [4.78, 5) is 4.07. The number of alkyl halides is 1. The quantitative estimate of drug-likeness (QED) is 0.575. The van der Waals surface area contributed by atoms with E-state index in [2.05, 4.69) is 40.8 Å². The van der Waals surface area contributed by atoms with Crippen LogP contribution in [-0.4, -0.2) is 22.9 Å². The van der Waals surface area contributed by atoms with Gasteiger partial charge < -0.3 is 5.11 Å². The first-order chi connectivity index (χ1) is 5.70. The van der Waals surface area contributed by atoms with Gasteiger partial charge in [-0.3, -0.25) is 4.99 Å². The van der Waals surface area contributed by atoms with Gasteiger partial charge in [-0.05, 0) is 18.4 Å². The number of halogens is 1. The summed E-state index contributed by atoms with van der Waals surface area (Å²) in [7, 11) is 0. The van der Waals surface area contributed by atoms with Gasteiger partial charge in [0.2, 0.25) is 0 Å². The highest BCUT2D eigenvalue weighted by atomic mass is 79.9. The Balaban J connectivity index is 3.85. The number of hydrogen-bond acceptors (Lipinski definition) is 2. The maximum atomic E-state index is 8.85. The number of hydrogen-bond donors (Lipinski definition) is 1. The van der Waals surface area contributed by atoms with Crippen molar-refractivity contribution in [2.24, 2.45) is 4.99 Å². The van der Waals surface area contributed by atoms with Gasteiger partial charge in [-0.25, -0.2) is 0 Å². The van der Waals surface area contributed by atoms with Gasteiger partial charge in [-0.1, -0.05) is 35.9 Å². The number of nitrogens with zero attached hydrogens (tertiary/aromatic N) is 1. The first kappa shape index (κ1) is 11.8. The van der Waals surface area contributed by atoms with Crippen LogP contribution in [0.1, 0.15) is 26.7 Å². The minimum atomic E-state index is -0.520. The summed E-state index contributed by atoms with van der Waals surface area (Å²) in [5.74, 6) is 0. The Morgan fingerprint density at radius 3 is 2.67 bits per heavy atom. The number of aliphatic hydroxyl groups is 1. The average molecular weight is 234 g/mol. The second-order valence-corrected chi connectivity index (χ2v) is 3.53. The van der Waals surface area contributed by atoms with E-state index in [4.69, 9.17) is 5.11 Å². The van der Waals surface area contributed by atoms with Crippen LogP contribution >= 0.6 is 15.9 Å². The molecule has 0 aliphatic carbocycles. The van der Waals surface area contributed by atoms with E-state index in [1.54, 1.807) is 0 Å². The van der Waals surface area contributed by atoms with Crippen molar-refractivity contribution in [3.63, 3.8) is 0 Å². The van der Waals surface area contributed by atoms with Crippen molar-refractivity contribution in [2.75, 3.05) is 6.54 Å². The first-order valence-corrected chi connectivity index (χ1v) is 5.13. The van der Waals surface area contributed by atoms with Crippen LogP contribution in [0.2, 0.25) is 0 Å². The molecule has 0 aromatic carbocycles. The van der Waals surface area contributed by atoms with Crippen molar-refractivity contribution in [3.05, 3.63) is 11.6 Å². The summed E-state index contributed by atoms with van der Waals surface area (Å²) in [6, 6.07) is 0. The topological polar surface area (TPSA) is 32.6 Å². The number of rotatable bonds is 5. The molecular formula is C9H16BrNO. The van der Waals surface area contributed by atoms with Crippen LogP contribution in [0.4, 0.5) is 0 Å². The Bertz CT molecular complexity index is 164. The molecular weight excluding hydrogens is 218 g/mol. The Labute approximate surface area is 82.5 Å². The summed E-state index contributed by atoms with van der Waals surface area (Å²) in [6.45, 7) is 4.61. The molecule has 1 atom stereocenters. The maximum Gasteiger partial charge on any atom is 0.128 e. The van der Waals surface area contributed by atoms with Crippen molar-refractivity contribution in [2.45, 2.75) is 31.7 Å². The average Bonchev–Trinajstić information content (AvgIpc) is 2.02. The van der Waals surface area contributed by atoms with Crippen molar-refractivity contribution < 1.29 is 5.11 Å². The van der Waals surface area contributed by atoms with E-state index >= 15 is 0 Å². The summed E-state index contributed by atoms with van der Waals surface area (Å²) >= 11 is 3.01. The second-order valence-electron chi connectivity index (χ2n) is 2.47. The molecule has 3 heteroatoms. The number of allylic oxidation sites excluding steroid dienone is 2. The number of aliphatic hydroxyl groups excluding tert-OH is 1. The van der Waals surface area contributed by atoms with E-state index in [0.717, 1.165) is 12.8 Å². The third-order valence-corrected chi connectivity index (χ3v) is 1.68. The van der Waals surface area contributed by atoms with Crippen LogP contribution in [0.5, 0.6) is 0 Å². The summed E-state index contributed by atoms with van der Waals surface area (Å²) in [6.07, 6.45) is 6.00. The third kappa shape index (κ3) is 6.55. The molecule has 0 spiro atoms. The van der Waals surface area contributed by atoms with E-state index in [1.165, 1.54) is 5.57 Å². The lowest BCUT2D eigenvalue weighted by Crippen LogP contribution is -1.99. The van der Waals surface area contributed by atoms with E-state index in [9.17, 15) is 0 Å². The van der Waals surface area contributed by atoms with Crippen LogP contribution in [0, 0.1) is 0 Å². The molecule has 1 unspecified atom stereocenters. The monoisotopic (exact) mass is 233 g/mol. The smallest absolute Gasteiger partial charge is 0.128 e. The molecule has 0 saturated heterocycles. The SMILES string of the molecule is CC/C=C(/C=NCC(O)Br)CC. The van der Waals surface area contributed by atoms with Gasteiger partial charge in [0.15, 0.2) is 0 Å². The van der Waals surface area contributed by atoms with E-state index < -0.39 is 5.01 Å². The molecule has 0 amide bonds. The number of aliphatic imine (C=N–C) groups is 1. The van der Waals surface area contributed by atoms with Crippen LogP contribution in [0.25, 0.3) is 0 Å². The van der Waals surface area contributed by atoms with Gasteiger partial charge in [-0.2, -0.15) is 0 Å². The zero-order valence-corrected chi connectivity index (χ0v) is 9.21. The minimum absolute atomic E-state index is 0.418. The van der Waals surface area contributed by atoms with Gasteiger partial charge in [-0.15, -0.1) is 0 Å². The summed E-state index contributed by atoms with van der Waals surface area (Å²) < 4.78 is 0. The Kier molecular flexibility index (Phi) is 7.40. The lowest BCUT2D eigenvalue weighted by molar-refractivity contribution is 0.279. The van der Waals surface area contributed by atoms with Gasteiger partial charge >= 0.3 is 0 Å². The summed E-state index contributed by atoms with van der Waals surface area (Å²) in [5, 5.41) is 8.33. The molecule has 0 aliphatic heterocycles. The molecule has 0 heterocycles. The molecule has 0 aliphatic rings. The molecule has 0 fully saturated rings. The summed E-state index contributed by atoms with van der Waals surface area (Å²) in [5.41, 5.74) is 1.23. The highest BCUT2D eigenvalue weighted by molar-refractivity contribution is 9.09. The van der Waals surface area contributed by atoms with Crippen LogP contribution in [0.15, 0.2) is 16.6 Å². The van der Waals surface area contributed by atoms with Crippen LogP contribution in [0.3, 0.4) is 0 Å². The van der Waals surface area contributed by atoms with E-state index in [1.807, 2.05) is 6.21 Å². The molecule has 1 N–H and O–H groups in total. The molecule has 0 bridgehead atoms. The fourth-order valence-corrected chi connectivity index (χ4v) is 0.975. The van der Waals surface area contributed by atoms with Gasteiger partial charge in [0, 0.05) is 6.21 Å². The van der Waals surface area contributed by atoms with E-state index in [0.29, 0.717) is 6.54 Å². The zero-order chi connectivity index (χ0) is 9.40. The largest absolute Gasteiger partial charge is 0.380 e. The maximum absolute atomic E-state index is 8.85. The molecule has 0 aromatic rings. The second kappa shape index (κ2) is 7.50. The fraction of sp³-hybridized carbons (Fsp3) is 0.667. The predicted octanol–water partition coefficient (Wildman–Crippen LogP) is 2.52. The van der Waals surface area contributed by atoms with Gasteiger partial charge in [0.1, 0.15) is 5.01 Å². The zero-order valence-electron chi connectivity index (χ0n) is 7.63. The molecule has 70 valence electrons. The molecule has 2 nitrogen and oxygen atoms in total. The third-order valence-electron chi connectivity index (χ3n) is 1.39. The first-order valence-electron chi connectivity index (χ1n) is 4.21. The van der Waals surface area contributed by atoms with Gasteiger partial charge in [0.25, 0.3) is 0 Å². The molecule has 0 radical (unpaired) electrons. The highest BCUT2D eigenvalue weighted by Gasteiger charge is 1.92. The molecule has 0 saturated carbocycles. The van der Waals surface area contributed by atoms with Crippen molar-refractivity contribution in [1.82, 2.24) is 0 Å². The predicted molar refractivity (Wildman–Crippen MR) is 57.0 cm³/mol. The Morgan fingerprint density at radius 1 is 1.58 bits per heavy atom. The Morgan fingerprint density at radius 2 is 2.25 bits per heavy atom. The molecule has 0 aromatic heterocycles. The van der Waals surface area contributed by atoms with Crippen molar-refractivity contribution in [1.29, 1.82) is 0 Å². The van der Waals surface area contributed by atoms with Crippen LogP contribution < -0.4 is 0 Å². The molecule has 0 rings (SSSR count). The normalized spacial score (nSPS) is 15.5. The van der Waals surface area contributed by atoms with Crippen molar-refractivity contribution in [3.8, 4) is 0 Å². The fourth-order valence-electron chi connectivity index (χ4n) is 0.807. The van der Waals surface area contributed by atoms with E-state index in [-0.39, 0.29) is 0 Å². The highest BCUT2D eigenvalue weighted by Crippen LogP contribution is 2.00. The molecule has 12 heavy (non-hydrogen) atoms. The lowest BCUT2D eigenvalue weighted by atomic mass is 10.2. The lowest BCUT2D eigenvalue weighted by Gasteiger charge is -1.97. The van der Waals surface area contributed by atoms with Gasteiger partial charge in [0.05, 0.1) is 6.54 Å². The minimum Gasteiger partial charge on any atom is -0.380 e. The standard InChI is InChI=1S/C9H16BrNO/c1-3-5-8(4-2)6-11-7-9(10)12/h5-6,9,12H,3-4,7H2,1-2H3/b8-5+,11-6?. The van der Waals surface area contributed by atoms with Crippen molar-refractivity contribution >= 4 is 22.1 Å². The Hall–Kier alpha value is -0.150.